The van der Waals surface area contributed by atoms with E-state index in [0.29, 0.717) is 17.9 Å². The van der Waals surface area contributed by atoms with Gasteiger partial charge in [0, 0.05) is 12.7 Å². The maximum atomic E-state index is 13.0. The molecule has 0 bridgehead atoms. The van der Waals surface area contributed by atoms with Crippen molar-refractivity contribution < 1.29 is 18.3 Å². The monoisotopic (exact) mass is 362 g/mol. The summed E-state index contributed by atoms with van der Waals surface area (Å²) in [6, 6.07) is 11.3. The summed E-state index contributed by atoms with van der Waals surface area (Å²) in [5.41, 5.74) is 0.641. The van der Waals surface area contributed by atoms with Gasteiger partial charge in [-0.05, 0) is 56.7 Å². The van der Waals surface area contributed by atoms with Crippen LogP contribution in [0.25, 0.3) is 0 Å². The number of rotatable bonds is 5. The average Bonchev–Trinajstić information content (AvgIpc) is 2.98. The van der Waals surface area contributed by atoms with E-state index in [2.05, 4.69) is 4.98 Å². The molecule has 3 rings (SSSR count). The Morgan fingerprint density at radius 3 is 2.52 bits per heavy atom. The van der Waals surface area contributed by atoms with E-state index in [4.69, 9.17) is 4.74 Å². The molecule has 0 aliphatic carbocycles. The molecule has 2 atom stereocenters. The van der Waals surface area contributed by atoms with Gasteiger partial charge in [-0.1, -0.05) is 6.07 Å². The lowest BCUT2D eigenvalue weighted by Gasteiger charge is -2.23. The topological polar surface area (TPSA) is 79.7 Å². The highest BCUT2D eigenvalue weighted by Crippen LogP contribution is 2.36. The molecule has 134 valence electrons. The number of pyridine rings is 1. The number of benzene rings is 1. The van der Waals surface area contributed by atoms with Gasteiger partial charge in [0.25, 0.3) is 0 Å². The molecule has 1 aromatic carbocycles. The predicted molar refractivity (Wildman–Crippen MR) is 93.7 cm³/mol. The van der Waals surface area contributed by atoms with Crippen LogP contribution in [0.3, 0.4) is 0 Å². The van der Waals surface area contributed by atoms with Crippen molar-refractivity contribution in [1.29, 1.82) is 0 Å². The smallest absolute Gasteiger partial charge is 0.243 e. The molecule has 1 aliphatic rings. The van der Waals surface area contributed by atoms with E-state index in [0.717, 1.165) is 0 Å². The van der Waals surface area contributed by atoms with Crippen LogP contribution in [-0.2, 0) is 10.0 Å². The molecule has 1 unspecified atom stereocenters. The van der Waals surface area contributed by atoms with Gasteiger partial charge >= 0.3 is 0 Å². The highest BCUT2D eigenvalue weighted by Gasteiger charge is 2.41. The third-order valence-corrected chi connectivity index (χ3v) is 5.95. The van der Waals surface area contributed by atoms with E-state index in [1.54, 1.807) is 30.5 Å². The van der Waals surface area contributed by atoms with E-state index in [-0.39, 0.29) is 17.5 Å². The van der Waals surface area contributed by atoms with Crippen LogP contribution in [0.15, 0.2) is 53.6 Å². The molecule has 2 aromatic rings. The maximum absolute atomic E-state index is 13.0. The highest BCUT2D eigenvalue weighted by atomic mass is 32.2. The second-order valence-electron chi connectivity index (χ2n) is 6.37. The van der Waals surface area contributed by atoms with E-state index >= 15 is 0 Å². The Labute approximate surface area is 148 Å². The van der Waals surface area contributed by atoms with Gasteiger partial charge in [0.05, 0.1) is 28.8 Å². The predicted octanol–water partition coefficient (Wildman–Crippen LogP) is 2.37. The Morgan fingerprint density at radius 1 is 1.20 bits per heavy atom. The molecule has 1 fully saturated rings. The van der Waals surface area contributed by atoms with Crippen LogP contribution in [0.4, 0.5) is 0 Å². The van der Waals surface area contributed by atoms with Crippen LogP contribution in [-0.4, -0.2) is 41.6 Å². The quantitative estimate of drug-likeness (QED) is 0.883. The van der Waals surface area contributed by atoms with Crippen LogP contribution in [0.5, 0.6) is 5.75 Å². The van der Waals surface area contributed by atoms with Gasteiger partial charge < -0.3 is 9.84 Å². The first-order valence-electron chi connectivity index (χ1n) is 8.25. The van der Waals surface area contributed by atoms with Crippen molar-refractivity contribution in [1.82, 2.24) is 9.29 Å². The summed E-state index contributed by atoms with van der Waals surface area (Å²) in [6.07, 6.45) is 1.28. The van der Waals surface area contributed by atoms with Gasteiger partial charge in [0.15, 0.2) is 0 Å². The number of sulfonamides is 1. The number of aliphatic hydroxyl groups excluding tert-OH is 1. The minimum Gasteiger partial charge on any atom is -0.491 e. The largest absolute Gasteiger partial charge is 0.491 e. The summed E-state index contributed by atoms with van der Waals surface area (Å²) in [5, 5.41) is 10.0. The lowest BCUT2D eigenvalue weighted by molar-refractivity contribution is 0.188. The zero-order valence-corrected chi connectivity index (χ0v) is 15.1. The standard InChI is InChI=1S/C18H22N2O4S/c1-13(2)24-15-6-8-16(9-7-15)25(22,23)20-12-14(21)11-18(20)17-5-3-4-10-19-17/h3-10,13-14,18,21H,11-12H2,1-2H3/t14-,18?/m0/s1. The molecule has 0 amide bonds. The Morgan fingerprint density at radius 2 is 1.92 bits per heavy atom. The fourth-order valence-electron chi connectivity index (χ4n) is 2.99. The van der Waals surface area contributed by atoms with E-state index in [9.17, 15) is 13.5 Å². The molecule has 0 saturated carbocycles. The molecule has 2 heterocycles. The molecular weight excluding hydrogens is 340 g/mol. The minimum atomic E-state index is -3.74. The van der Waals surface area contributed by atoms with Gasteiger partial charge in [-0.2, -0.15) is 4.31 Å². The summed E-state index contributed by atoms with van der Waals surface area (Å²) in [4.78, 5) is 4.44. The second kappa shape index (κ2) is 7.11. The molecule has 0 radical (unpaired) electrons. The fraction of sp³-hybridized carbons (Fsp3) is 0.389. The van der Waals surface area contributed by atoms with E-state index in [1.165, 1.54) is 16.4 Å². The summed E-state index contributed by atoms with van der Waals surface area (Å²) in [6.45, 7) is 3.88. The van der Waals surface area contributed by atoms with Crippen LogP contribution >= 0.6 is 0 Å². The third kappa shape index (κ3) is 3.84. The summed E-state index contributed by atoms with van der Waals surface area (Å²) >= 11 is 0. The van der Waals surface area contributed by atoms with Gasteiger partial charge in [-0.15, -0.1) is 0 Å². The molecule has 7 heteroatoms. The number of hydrogen-bond donors (Lipinski definition) is 1. The molecule has 1 N–H and O–H groups in total. The molecule has 6 nitrogen and oxygen atoms in total. The maximum Gasteiger partial charge on any atom is 0.243 e. The Balaban J connectivity index is 1.90. The number of ether oxygens (including phenoxy) is 1. The number of aromatic nitrogens is 1. The molecule has 0 spiro atoms. The Hall–Kier alpha value is -1.96. The van der Waals surface area contributed by atoms with Crippen molar-refractivity contribution in [3.63, 3.8) is 0 Å². The number of aliphatic hydroxyl groups is 1. The van der Waals surface area contributed by atoms with Gasteiger partial charge in [0.1, 0.15) is 5.75 Å². The Kier molecular flexibility index (Phi) is 5.08. The average molecular weight is 362 g/mol. The molecule has 1 aromatic heterocycles. The van der Waals surface area contributed by atoms with Gasteiger partial charge in [-0.25, -0.2) is 8.42 Å². The van der Waals surface area contributed by atoms with Crippen molar-refractivity contribution in [2.75, 3.05) is 6.54 Å². The third-order valence-electron chi connectivity index (χ3n) is 4.06. The first-order valence-corrected chi connectivity index (χ1v) is 9.69. The van der Waals surface area contributed by atoms with Crippen molar-refractivity contribution in [3.8, 4) is 5.75 Å². The first-order chi connectivity index (χ1) is 11.9. The number of nitrogens with zero attached hydrogens (tertiary/aromatic N) is 2. The van der Waals surface area contributed by atoms with E-state index < -0.39 is 22.2 Å². The number of β-amino-alcohol motifs (C(OH)–C–C–N with tert-alkyl or cyclic N) is 1. The number of hydrogen-bond acceptors (Lipinski definition) is 5. The summed E-state index contributed by atoms with van der Waals surface area (Å²) in [7, 11) is -3.74. The molecular formula is C18H22N2O4S. The SMILES string of the molecule is CC(C)Oc1ccc(S(=O)(=O)N2C[C@@H](O)CC2c2ccccn2)cc1. The van der Waals surface area contributed by atoms with Crippen molar-refractivity contribution in [3.05, 3.63) is 54.4 Å². The zero-order chi connectivity index (χ0) is 18.0. The molecule has 1 aliphatic heterocycles. The van der Waals surface area contributed by atoms with Crippen LogP contribution < -0.4 is 4.74 Å². The van der Waals surface area contributed by atoms with Crippen molar-refractivity contribution >= 4 is 10.0 Å². The molecule has 25 heavy (non-hydrogen) atoms. The van der Waals surface area contributed by atoms with Crippen LogP contribution in [0, 0.1) is 0 Å². The minimum absolute atomic E-state index is 0.0183. The summed E-state index contributed by atoms with van der Waals surface area (Å²) < 4.78 is 33.0. The zero-order valence-electron chi connectivity index (χ0n) is 14.2. The van der Waals surface area contributed by atoms with Crippen LogP contribution in [0.1, 0.15) is 32.0 Å². The van der Waals surface area contributed by atoms with Crippen molar-refractivity contribution in [2.24, 2.45) is 0 Å². The molecule has 1 saturated heterocycles. The first kappa shape index (κ1) is 17.8. The van der Waals surface area contributed by atoms with Gasteiger partial charge in [0.2, 0.25) is 10.0 Å². The lowest BCUT2D eigenvalue weighted by atomic mass is 10.1. The van der Waals surface area contributed by atoms with Crippen molar-refractivity contribution in [2.45, 2.75) is 43.4 Å². The van der Waals surface area contributed by atoms with E-state index in [1.807, 2.05) is 19.9 Å². The second-order valence-corrected chi connectivity index (χ2v) is 8.26. The normalized spacial score (nSPS) is 21.6. The Bertz CT molecular complexity index is 807. The highest BCUT2D eigenvalue weighted by molar-refractivity contribution is 7.89. The van der Waals surface area contributed by atoms with Crippen LogP contribution in [0.2, 0.25) is 0 Å². The van der Waals surface area contributed by atoms with Gasteiger partial charge in [-0.3, -0.25) is 4.98 Å². The summed E-state index contributed by atoms with van der Waals surface area (Å²) in [5.74, 6) is 0.622. The fourth-order valence-corrected chi connectivity index (χ4v) is 4.64. The lowest BCUT2D eigenvalue weighted by Crippen LogP contribution is -2.32.